The van der Waals surface area contributed by atoms with Gasteiger partial charge in [-0.1, -0.05) is 55.8 Å². The molecule has 0 bridgehead atoms. The molecule has 3 N–H and O–H groups in total. The average molecular weight is 757 g/mol. The van der Waals surface area contributed by atoms with Crippen LogP contribution >= 0.6 is 11.6 Å². The highest BCUT2D eigenvalue weighted by atomic mass is 35.5. The van der Waals surface area contributed by atoms with Gasteiger partial charge in [-0.3, -0.25) is 9.69 Å². The van der Waals surface area contributed by atoms with E-state index >= 15 is 0 Å². The number of carbonyl (C=O) groups excluding carboxylic acids is 1. The summed E-state index contributed by atoms with van der Waals surface area (Å²) >= 11 is 7.21. The summed E-state index contributed by atoms with van der Waals surface area (Å²) in [5.74, 6) is 0.592. The lowest BCUT2D eigenvalue weighted by atomic mass is 9.93. The van der Waals surface area contributed by atoms with E-state index in [1.807, 2.05) is 51.1 Å². The first kappa shape index (κ1) is 37.2. The lowest BCUT2D eigenvalue weighted by molar-refractivity contribution is 0.146. The number of nitrogens with one attached hydrogen (secondary N) is 3. The number of hydrogen-bond donors (Lipinski definition) is 3. The minimum Gasteiger partial charge on any atom is -0.481 e. The number of amides is 2. The van der Waals surface area contributed by atoms with E-state index in [0.29, 0.717) is 28.8 Å². The molecule has 54 heavy (non-hydrogen) atoms. The van der Waals surface area contributed by atoms with Crippen LogP contribution in [-0.2, 0) is 13.5 Å². The molecular weight excluding hydrogens is 714 g/mol. The van der Waals surface area contributed by atoms with Gasteiger partial charge >= 0.3 is 6.03 Å². The standard InChI is InChI=1S/C38H37ClF2N8O3.C2H6/c1-20-23(6-5-9-26(20)44-34-31-22(17-28(45-34)33(40)41)18-43-48(2)36(31)50)24-7-4-8-25(32(24)39)27-16-21-10-11-29(30(21)35(46-27)52-3)49-15-13-38(19-49)12-14-42-37(51)47-38;1-2/h4-9,16-18,29,33H,10-15,19H2,1-3H3,(H,44,45)(H2,42,47,51);1-2H3. The summed E-state index contributed by atoms with van der Waals surface area (Å²) in [4.78, 5) is 36.8. The zero-order chi connectivity index (χ0) is 38.3. The number of ether oxygens (including phenoxy) is 1. The largest absolute Gasteiger partial charge is 0.481 e. The van der Waals surface area contributed by atoms with Crippen molar-refractivity contribution in [1.82, 2.24) is 35.3 Å². The number of nitrogens with zero attached hydrogens (tertiary/aromatic N) is 5. The molecule has 2 aromatic carbocycles. The fourth-order valence-corrected chi connectivity index (χ4v) is 8.41. The van der Waals surface area contributed by atoms with Gasteiger partial charge in [-0.15, -0.1) is 0 Å². The zero-order valence-corrected chi connectivity index (χ0v) is 31.7. The first-order chi connectivity index (χ1) is 26.1. The molecule has 5 heterocycles. The quantitative estimate of drug-likeness (QED) is 0.153. The highest BCUT2D eigenvalue weighted by molar-refractivity contribution is 6.36. The number of aryl methyl sites for hydroxylation is 2. The van der Waals surface area contributed by atoms with Crippen LogP contribution in [0.5, 0.6) is 5.88 Å². The maximum Gasteiger partial charge on any atom is 0.315 e. The van der Waals surface area contributed by atoms with Crippen LogP contribution in [-0.4, -0.2) is 63.0 Å². The number of anilines is 2. The monoisotopic (exact) mass is 756 g/mol. The third-order valence-corrected chi connectivity index (χ3v) is 11.1. The van der Waals surface area contributed by atoms with Crippen LogP contribution in [0.15, 0.2) is 59.5 Å². The van der Waals surface area contributed by atoms with Gasteiger partial charge in [0.05, 0.1) is 34.9 Å². The Morgan fingerprint density at radius 3 is 2.57 bits per heavy atom. The Labute approximate surface area is 317 Å². The van der Waals surface area contributed by atoms with Crippen molar-refractivity contribution in [3.05, 3.63) is 92.5 Å². The Morgan fingerprint density at radius 1 is 1.06 bits per heavy atom. The normalized spacial score (nSPS) is 19.4. The van der Waals surface area contributed by atoms with Crippen LogP contribution in [0.3, 0.4) is 0 Å². The van der Waals surface area contributed by atoms with Crippen LogP contribution in [0.25, 0.3) is 33.2 Å². The minimum absolute atomic E-state index is 0.0215. The van der Waals surface area contributed by atoms with Crippen molar-refractivity contribution in [3.8, 4) is 28.3 Å². The SMILES string of the molecule is CC.COc1nc(-c2cccc(-c3cccc(Nc4nc(C(F)F)cc5cnn(C)c(=O)c45)c3C)c2Cl)cc2c1C(N1CCC3(CCNC(=O)N3)C1)CC2. The summed E-state index contributed by atoms with van der Waals surface area (Å²) in [6.07, 6.45) is 2.14. The van der Waals surface area contributed by atoms with E-state index in [2.05, 4.69) is 37.0 Å². The van der Waals surface area contributed by atoms with E-state index in [1.54, 1.807) is 13.2 Å². The predicted octanol–water partition coefficient (Wildman–Crippen LogP) is 7.87. The number of rotatable bonds is 7. The zero-order valence-electron chi connectivity index (χ0n) is 30.9. The highest BCUT2D eigenvalue weighted by Gasteiger charge is 2.45. The van der Waals surface area contributed by atoms with Gasteiger partial charge in [0, 0.05) is 60.5 Å². The smallest absolute Gasteiger partial charge is 0.315 e. The van der Waals surface area contributed by atoms with Crippen LogP contribution in [0.1, 0.15) is 68.0 Å². The topological polar surface area (TPSA) is 126 Å². The molecule has 2 saturated heterocycles. The number of pyridine rings is 2. The first-order valence-electron chi connectivity index (χ1n) is 18.2. The molecule has 3 aliphatic rings. The van der Waals surface area contributed by atoms with Crippen molar-refractivity contribution in [2.45, 2.75) is 64.5 Å². The van der Waals surface area contributed by atoms with Crippen LogP contribution < -0.4 is 26.2 Å². The number of aromatic nitrogens is 4. The summed E-state index contributed by atoms with van der Waals surface area (Å²) in [6.45, 7) is 8.24. The van der Waals surface area contributed by atoms with Gasteiger partial charge < -0.3 is 20.7 Å². The number of methoxy groups -OCH3 is 1. The Hall–Kier alpha value is -5.14. The van der Waals surface area contributed by atoms with Crippen LogP contribution in [0, 0.1) is 6.92 Å². The summed E-state index contributed by atoms with van der Waals surface area (Å²) in [7, 11) is 3.14. The third kappa shape index (κ3) is 6.64. The minimum atomic E-state index is -2.84. The second kappa shape index (κ2) is 14.9. The molecule has 282 valence electrons. The lowest BCUT2D eigenvalue weighted by Crippen LogP contribution is -2.59. The van der Waals surface area contributed by atoms with Crippen molar-refractivity contribution in [1.29, 1.82) is 0 Å². The molecule has 0 saturated carbocycles. The number of hydrogen-bond acceptors (Lipinski definition) is 8. The van der Waals surface area contributed by atoms with Crippen molar-refractivity contribution >= 4 is 39.9 Å². The molecule has 1 spiro atoms. The molecule has 2 atom stereocenters. The molecule has 1 aliphatic carbocycles. The van der Waals surface area contributed by atoms with Crippen molar-refractivity contribution in [2.75, 3.05) is 32.1 Å². The molecule has 14 heteroatoms. The van der Waals surface area contributed by atoms with E-state index < -0.39 is 17.7 Å². The average Bonchev–Trinajstić information content (AvgIpc) is 3.78. The van der Waals surface area contributed by atoms with Gasteiger partial charge in [0.25, 0.3) is 12.0 Å². The Kier molecular flexibility index (Phi) is 10.3. The number of alkyl halides is 2. The molecule has 0 radical (unpaired) electrons. The van der Waals surface area contributed by atoms with Crippen molar-refractivity contribution in [3.63, 3.8) is 0 Å². The Bertz CT molecular complexity index is 2320. The number of halogens is 3. The van der Waals surface area contributed by atoms with Crippen LogP contribution in [0.2, 0.25) is 5.02 Å². The molecule has 2 aliphatic heterocycles. The third-order valence-electron chi connectivity index (χ3n) is 10.7. The number of benzene rings is 2. The van der Waals surface area contributed by atoms with Gasteiger partial charge in [0.2, 0.25) is 5.88 Å². The van der Waals surface area contributed by atoms with Crippen molar-refractivity contribution in [2.24, 2.45) is 7.05 Å². The molecular formula is C40H43ClF2N8O3. The second-order valence-electron chi connectivity index (χ2n) is 13.8. The molecule has 3 aromatic heterocycles. The summed E-state index contributed by atoms with van der Waals surface area (Å²) in [5, 5.41) is 14.1. The Morgan fingerprint density at radius 2 is 1.81 bits per heavy atom. The van der Waals surface area contributed by atoms with E-state index in [0.717, 1.165) is 76.8 Å². The fraction of sp³-hybridized carbons (Fsp3) is 0.375. The second-order valence-corrected chi connectivity index (χ2v) is 14.2. The summed E-state index contributed by atoms with van der Waals surface area (Å²) in [5.41, 5.74) is 5.49. The lowest BCUT2D eigenvalue weighted by Gasteiger charge is -2.36. The number of urea groups is 1. The number of carbonyl (C=O) groups is 1. The Balaban J connectivity index is 0.00000221. The number of fused-ring (bicyclic) bond motifs is 2. The number of likely N-dealkylation sites (tertiary alicyclic amines) is 1. The molecule has 8 rings (SSSR count). The molecule has 2 amide bonds. The molecule has 2 fully saturated rings. The molecule has 2 unspecified atom stereocenters. The van der Waals surface area contributed by atoms with Gasteiger partial charge in [-0.05, 0) is 67.5 Å². The molecule has 5 aromatic rings. The van der Waals surface area contributed by atoms with Gasteiger partial charge in [-0.25, -0.2) is 28.2 Å². The predicted molar refractivity (Wildman–Crippen MR) is 207 cm³/mol. The molecule has 11 nitrogen and oxygen atoms in total. The van der Waals surface area contributed by atoms with E-state index in [9.17, 15) is 18.4 Å². The fourth-order valence-electron chi connectivity index (χ4n) is 8.09. The van der Waals surface area contributed by atoms with Gasteiger partial charge in [0.1, 0.15) is 11.5 Å². The maximum absolute atomic E-state index is 13.8. The first-order valence-corrected chi connectivity index (χ1v) is 18.6. The van der Waals surface area contributed by atoms with E-state index in [4.69, 9.17) is 21.3 Å². The highest BCUT2D eigenvalue weighted by Crippen LogP contribution is 2.46. The summed E-state index contributed by atoms with van der Waals surface area (Å²) < 4.78 is 34.7. The van der Waals surface area contributed by atoms with E-state index in [-0.39, 0.29) is 34.2 Å². The maximum atomic E-state index is 13.8. The van der Waals surface area contributed by atoms with Gasteiger partial charge in [0.15, 0.2) is 0 Å². The van der Waals surface area contributed by atoms with Crippen molar-refractivity contribution < 1.29 is 18.3 Å². The summed E-state index contributed by atoms with van der Waals surface area (Å²) in [6, 6.07) is 14.7. The van der Waals surface area contributed by atoms with Crippen LogP contribution in [0.4, 0.5) is 25.1 Å². The van der Waals surface area contributed by atoms with Gasteiger partial charge in [-0.2, -0.15) is 5.10 Å². The van der Waals surface area contributed by atoms with E-state index in [1.165, 1.54) is 19.3 Å².